The minimum absolute atomic E-state index is 0.812. The van der Waals surface area contributed by atoms with Crippen LogP contribution in [0.2, 0.25) is 0 Å². The molecule has 2 nitrogen and oxygen atoms in total. The van der Waals surface area contributed by atoms with E-state index in [1.54, 1.807) is 6.20 Å². The average molecular weight is 239 g/mol. The quantitative estimate of drug-likeness (QED) is 0.483. The van der Waals surface area contributed by atoms with Crippen LogP contribution >= 0.6 is 15.9 Å². The van der Waals surface area contributed by atoms with Crippen molar-refractivity contribution in [3.63, 3.8) is 0 Å². The Hall–Kier alpha value is -0.850. The Bertz CT molecular complexity index is 325. The third kappa shape index (κ3) is 3.58. The topological polar surface area (TPSA) is 24.9 Å². The average Bonchev–Trinajstić information content (AvgIpc) is 2.15. The fourth-order valence-electron chi connectivity index (χ4n) is 0.825. The van der Waals surface area contributed by atoms with Crippen molar-refractivity contribution >= 4 is 15.9 Å². The van der Waals surface area contributed by atoms with Crippen molar-refractivity contribution in [2.75, 3.05) is 13.6 Å². The van der Waals surface area contributed by atoms with Crippen molar-refractivity contribution in [3.05, 3.63) is 28.5 Å². The molecule has 3 heteroatoms. The Balaban J connectivity index is 2.61. The van der Waals surface area contributed by atoms with Crippen LogP contribution in [0.3, 0.4) is 0 Å². The molecule has 68 valence electrons. The predicted molar refractivity (Wildman–Crippen MR) is 57.4 cm³/mol. The molecule has 0 aliphatic rings. The molecule has 0 spiro atoms. The molecule has 0 unspecified atom stereocenters. The van der Waals surface area contributed by atoms with Crippen LogP contribution in [0.1, 0.15) is 12.0 Å². The molecule has 0 saturated heterocycles. The Morgan fingerprint density at radius 2 is 2.46 bits per heavy atom. The van der Waals surface area contributed by atoms with Gasteiger partial charge in [0.25, 0.3) is 0 Å². The number of rotatable bonds is 2. The van der Waals surface area contributed by atoms with E-state index < -0.39 is 0 Å². The number of hydrogen-bond acceptors (Lipinski definition) is 2. The minimum Gasteiger partial charge on any atom is -0.319 e. The smallest absolute Gasteiger partial charge is 0.121 e. The molecule has 1 aromatic heterocycles. The van der Waals surface area contributed by atoms with Crippen molar-refractivity contribution in [2.45, 2.75) is 6.42 Å². The molecule has 13 heavy (non-hydrogen) atoms. The van der Waals surface area contributed by atoms with Gasteiger partial charge in [0.15, 0.2) is 0 Å². The summed E-state index contributed by atoms with van der Waals surface area (Å²) in [4.78, 5) is 4.08. The summed E-state index contributed by atoms with van der Waals surface area (Å²) in [6.07, 6.45) is 2.60. The lowest BCUT2D eigenvalue weighted by Crippen LogP contribution is -2.05. The molecule has 1 rings (SSSR count). The number of pyridine rings is 1. The van der Waals surface area contributed by atoms with Crippen LogP contribution in [-0.2, 0) is 0 Å². The highest BCUT2D eigenvalue weighted by Gasteiger charge is 1.92. The number of nitrogens with zero attached hydrogens (tertiary/aromatic N) is 1. The minimum atomic E-state index is 0.812. The first-order chi connectivity index (χ1) is 6.34. The highest BCUT2D eigenvalue weighted by molar-refractivity contribution is 9.10. The first kappa shape index (κ1) is 10.2. The van der Waals surface area contributed by atoms with E-state index in [0.717, 1.165) is 23.1 Å². The monoisotopic (exact) mass is 238 g/mol. The van der Waals surface area contributed by atoms with Crippen LogP contribution in [0.25, 0.3) is 0 Å². The summed E-state index contributed by atoms with van der Waals surface area (Å²) in [5, 5.41) is 3.04. The first-order valence-corrected chi connectivity index (χ1v) is 4.88. The Morgan fingerprint density at radius 1 is 1.62 bits per heavy atom. The molecule has 0 bridgehead atoms. The van der Waals surface area contributed by atoms with Gasteiger partial charge in [0, 0.05) is 19.2 Å². The summed E-state index contributed by atoms with van der Waals surface area (Å²) >= 11 is 3.34. The SMILES string of the molecule is CNCCC#Cc1cccnc1Br. The van der Waals surface area contributed by atoms with Gasteiger partial charge in [-0.25, -0.2) is 4.98 Å². The Kier molecular flexibility index (Phi) is 4.52. The normalized spacial score (nSPS) is 9.08. The molecule has 1 heterocycles. The van der Waals surface area contributed by atoms with E-state index in [9.17, 15) is 0 Å². The van der Waals surface area contributed by atoms with E-state index in [-0.39, 0.29) is 0 Å². The first-order valence-electron chi connectivity index (χ1n) is 4.08. The van der Waals surface area contributed by atoms with Gasteiger partial charge in [-0.1, -0.05) is 11.8 Å². The number of aromatic nitrogens is 1. The van der Waals surface area contributed by atoms with Gasteiger partial charge in [-0.3, -0.25) is 0 Å². The van der Waals surface area contributed by atoms with Gasteiger partial charge in [0.2, 0.25) is 0 Å². The largest absolute Gasteiger partial charge is 0.319 e. The van der Waals surface area contributed by atoms with Crippen LogP contribution < -0.4 is 5.32 Å². The van der Waals surface area contributed by atoms with Crippen LogP contribution in [-0.4, -0.2) is 18.6 Å². The fraction of sp³-hybridized carbons (Fsp3) is 0.300. The van der Waals surface area contributed by atoms with E-state index >= 15 is 0 Å². The number of hydrogen-bond donors (Lipinski definition) is 1. The summed E-state index contributed by atoms with van der Waals surface area (Å²) in [6, 6.07) is 3.83. The maximum absolute atomic E-state index is 4.08. The van der Waals surface area contributed by atoms with Gasteiger partial charge >= 0.3 is 0 Å². The molecule has 0 fully saturated rings. The van der Waals surface area contributed by atoms with E-state index in [4.69, 9.17) is 0 Å². The molecule has 0 aliphatic heterocycles. The van der Waals surface area contributed by atoms with Crippen LogP contribution in [0, 0.1) is 11.8 Å². The third-order valence-electron chi connectivity index (χ3n) is 1.48. The Morgan fingerprint density at radius 3 is 3.15 bits per heavy atom. The lowest BCUT2D eigenvalue weighted by Gasteiger charge is -1.92. The van der Waals surface area contributed by atoms with E-state index in [1.165, 1.54) is 0 Å². The maximum Gasteiger partial charge on any atom is 0.121 e. The number of halogens is 1. The fourth-order valence-corrected chi connectivity index (χ4v) is 1.17. The van der Waals surface area contributed by atoms with Crippen molar-refractivity contribution in [1.82, 2.24) is 10.3 Å². The molecule has 0 aliphatic carbocycles. The van der Waals surface area contributed by atoms with Crippen molar-refractivity contribution < 1.29 is 0 Å². The molecule has 0 saturated carbocycles. The molecule has 1 aromatic rings. The second kappa shape index (κ2) is 5.74. The third-order valence-corrected chi connectivity index (χ3v) is 2.11. The van der Waals surface area contributed by atoms with Crippen molar-refractivity contribution in [3.8, 4) is 11.8 Å². The highest BCUT2D eigenvalue weighted by Crippen LogP contribution is 2.10. The molecule has 0 aromatic carbocycles. The molecular formula is C10H11BrN2. The van der Waals surface area contributed by atoms with Gasteiger partial charge < -0.3 is 5.32 Å². The molecular weight excluding hydrogens is 228 g/mol. The number of nitrogens with one attached hydrogen (secondary N) is 1. The van der Waals surface area contributed by atoms with Crippen LogP contribution in [0.15, 0.2) is 22.9 Å². The lowest BCUT2D eigenvalue weighted by atomic mass is 10.3. The van der Waals surface area contributed by atoms with Gasteiger partial charge in [0.05, 0.1) is 5.56 Å². The molecule has 1 N–H and O–H groups in total. The zero-order valence-electron chi connectivity index (χ0n) is 7.47. The predicted octanol–water partition coefficient (Wildman–Crippen LogP) is 1.81. The molecule has 0 amide bonds. The van der Waals surface area contributed by atoms with Crippen molar-refractivity contribution in [1.29, 1.82) is 0 Å². The van der Waals surface area contributed by atoms with E-state index in [1.807, 2.05) is 19.2 Å². The van der Waals surface area contributed by atoms with E-state index in [2.05, 4.69) is 38.1 Å². The van der Waals surface area contributed by atoms with Crippen LogP contribution in [0.5, 0.6) is 0 Å². The second-order valence-electron chi connectivity index (χ2n) is 2.50. The molecule has 0 radical (unpaired) electrons. The summed E-state index contributed by atoms with van der Waals surface area (Å²) < 4.78 is 0.812. The maximum atomic E-state index is 4.08. The van der Waals surface area contributed by atoms with Gasteiger partial charge in [-0.05, 0) is 35.1 Å². The zero-order valence-corrected chi connectivity index (χ0v) is 9.06. The summed E-state index contributed by atoms with van der Waals surface area (Å²) in [5.41, 5.74) is 0.943. The highest BCUT2D eigenvalue weighted by atomic mass is 79.9. The van der Waals surface area contributed by atoms with Gasteiger partial charge in [0.1, 0.15) is 4.60 Å². The van der Waals surface area contributed by atoms with E-state index in [0.29, 0.717) is 0 Å². The van der Waals surface area contributed by atoms with Gasteiger partial charge in [-0.2, -0.15) is 0 Å². The van der Waals surface area contributed by atoms with Crippen molar-refractivity contribution in [2.24, 2.45) is 0 Å². The Labute approximate surface area is 86.9 Å². The van der Waals surface area contributed by atoms with Crippen LogP contribution in [0.4, 0.5) is 0 Å². The second-order valence-corrected chi connectivity index (χ2v) is 3.25. The lowest BCUT2D eigenvalue weighted by molar-refractivity contribution is 0.818. The standard InChI is InChI=1S/C10H11BrN2/c1-12-7-3-2-5-9-6-4-8-13-10(9)11/h4,6,8,12H,3,7H2,1H3. The zero-order chi connectivity index (χ0) is 9.52. The summed E-state index contributed by atoms with van der Waals surface area (Å²) in [6.45, 7) is 0.922. The molecule has 0 atom stereocenters. The summed E-state index contributed by atoms with van der Waals surface area (Å²) in [7, 11) is 1.92. The van der Waals surface area contributed by atoms with Gasteiger partial charge in [-0.15, -0.1) is 0 Å². The summed E-state index contributed by atoms with van der Waals surface area (Å²) in [5.74, 6) is 6.11.